The van der Waals surface area contributed by atoms with Crippen molar-refractivity contribution in [3.63, 3.8) is 0 Å². The molecule has 6 heteroatoms. The maximum absolute atomic E-state index is 12.3. The van der Waals surface area contributed by atoms with E-state index in [2.05, 4.69) is 26.3 Å². The molecule has 2 aromatic rings. The second-order valence-corrected chi connectivity index (χ2v) is 7.50. The van der Waals surface area contributed by atoms with Gasteiger partial charge in [0.05, 0.1) is 17.2 Å². The molecule has 25 heavy (non-hydrogen) atoms. The largest absolute Gasteiger partial charge is 0.354 e. The highest BCUT2D eigenvalue weighted by Crippen LogP contribution is 2.23. The number of carbonyl (C=O) groups excluding carboxylic acids is 1. The van der Waals surface area contributed by atoms with Crippen molar-refractivity contribution < 1.29 is 4.79 Å². The second kappa shape index (κ2) is 9.06. The van der Waals surface area contributed by atoms with Crippen LogP contribution in [-0.4, -0.2) is 40.4 Å². The number of carbonyl (C=O) groups is 1. The fourth-order valence-electron chi connectivity index (χ4n) is 3.35. The maximum Gasteiger partial charge on any atom is 0.220 e. The van der Waals surface area contributed by atoms with Gasteiger partial charge in [-0.1, -0.05) is 12.5 Å². The van der Waals surface area contributed by atoms with Crippen molar-refractivity contribution in [1.82, 2.24) is 20.2 Å². The van der Waals surface area contributed by atoms with Gasteiger partial charge >= 0.3 is 0 Å². The van der Waals surface area contributed by atoms with Gasteiger partial charge in [-0.3, -0.25) is 14.7 Å². The Bertz CT molecular complexity index is 667. The van der Waals surface area contributed by atoms with E-state index in [-0.39, 0.29) is 11.9 Å². The van der Waals surface area contributed by atoms with Crippen LogP contribution in [0.1, 0.15) is 47.9 Å². The molecule has 2 aromatic heterocycles. The van der Waals surface area contributed by atoms with E-state index < -0.39 is 0 Å². The van der Waals surface area contributed by atoms with Crippen molar-refractivity contribution in [3.8, 4) is 0 Å². The van der Waals surface area contributed by atoms with Gasteiger partial charge in [0.15, 0.2) is 0 Å². The number of aromatic nitrogens is 2. The van der Waals surface area contributed by atoms with Gasteiger partial charge in [-0.05, 0) is 50.9 Å². The van der Waals surface area contributed by atoms with Gasteiger partial charge in [0, 0.05) is 30.2 Å². The summed E-state index contributed by atoms with van der Waals surface area (Å²) in [4.78, 5) is 24.5. The van der Waals surface area contributed by atoms with Crippen LogP contribution in [0.4, 0.5) is 0 Å². The van der Waals surface area contributed by atoms with Crippen molar-refractivity contribution in [2.24, 2.45) is 0 Å². The van der Waals surface area contributed by atoms with Gasteiger partial charge < -0.3 is 5.32 Å². The van der Waals surface area contributed by atoms with Gasteiger partial charge in [-0.25, -0.2) is 4.98 Å². The lowest BCUT2D eigenvalue weighted by Gasteiger charge is -2.34. The Kier molecular flexibility index (Phi) is 6.53. The highest BCUT2D eigenvalue weighted by Gasteiger charge is 2.23. The number of thiazole rings is 1. The summed E-state index contributed by atoms with van der Waals surface area (Å²) in [5.41, 5.74) is 4.07. The molecule has 1 aliphatic heterocycles. The molecule has 0 spiro atoms. The van der Waals surface area contributed by atoms with Crippen molar-refractivity contribution >= 4 is 17.2 Å². The Hall–Kier alpha value is -1.79. The van der Waals surface area contributed by atoms with Crippen LogP contribution in [-0.2, 0) is 11.2 Å². The second-order valence-electron chi connectivity index (χ2n) is 6.56. The zero-order valence-corrected chi connectivity index (χ0v) is 15.6. The zero-order chi connectivity index (χ0) is 17.5. The fraction of sp³-hybridized carbons (Fsp3) is 0.526. The molecule has 0 radical (unpaired) electrons. The number of piperidine rings is 1. The summed E-state index contributed by atoms with van der Waals surface area (Å²) in [5, 5.41) is 3.14. The lowest BCUT2D eigenvalue weighted by Crippen LogP contribution is -2.40. The highest BCUT2D eigenvalue weighted by molar-refractivity contribution is 7.09. The normalized spacial score (nSPS) is 16.5. The SMILES string of the molecule is Cc1ncsc1CCC(=O)NC[C@@H](c1cccnc1)N1CCCCC1. The molecule has 0 saturated carbocycles. The quantitative estimate of drug-likeness (QED) is 0.826. The van der Waals surface area contributed by atoms with Crippen molar-refractivity contribution in [1.29, 1.82) is 0 Å². The summed E-state index contributed by atoms with van der Waals surface area (Å²) in [7, 11) is 0. The third-order valence-corrected chi connectivity index (χ3v) is 5.81. The topological polar surface area (TPSA) is 58.1 Å². The van der Waals surface area contributed by atoms with Crippen molar-refractivity contribution in [2.75, 3.05) is 19.6 Å². The van der Waals surface area contributed by atoms with E-state index in [1.807, 2.05) is 24.7 Å². The average molecular weight is 359 g/mol. The van der Waals surface area contributed by atoms with Crippen LogP contribution in [0, 0.1) is 6.92 Å². The van der Waals surface area contributed by atoms with Gasteiger partial charge in [-0.2, -0.15) is 0 Å². The number of likely N-dealkylation sites (tertiary alicyclic amines) is 1. The van der Waals surface area contributed by atoms with Crippen LogP contribution in [0.3, 0.4) is 0 Å². The fourth-order valence-corrected chi connectivity index (χ4v) is 4.13. The Morgan fingerprint density at radius 2 is 2.20 bits per heavy atom. The molecule has 3 rings (SSSR count). The summed E-state index contributed by atoms with van der Waals surface area (Å²) in [5.74, 6) is 0.110. The predicted octanol–water partition coefficient (Wildman–Crippen LogP) is 3.12. The number of hydrogen-bond acceptors (Lipinski definition) is 5. The molecule has 1 aliphatic rings. The van der Waals surface area contributed by atoms with Crippen molar-refractivity contribution in [2.45, 2.75) is 45.1 Å². The number of nitrogens with one attached hydrogen (secondary N) is 1. The van der Waals surface area contributed by atoms with Crippen LogP contribution in [0.15, 0.2) is 30.0 Å². The predicted molar refractivity (Wildman–Crippen MR) is 101 cm³/mol. The molecule has 0 unspecified atom stereocenters. The Balaban J connectivity index is 1.56. The van der Waals surface area contributed by atoms with E-state index in [4.69, 9.17) is 0 Å². The first-order valence-corrected chi connectivity index (χ1v) is 9.91. The van der Waals surface area contributed by atoms with E-state index in [9.17, 15) is 4.79 Å². The molecule has 1 atom stereocenters. The maximum atomic E-state index is 12.3. The molecular weight excluding hydrogens is 332 g/mol. The molecule has 134 valence electrons. The molecule has 5 nitrogen and oxygen atoms in total. The van der Waals surface area contributed by atoms with Gasteiger partial charge in [0.25, 0.3) is 0 Å². The first-order valence-electron chi connectivity index (χ1n) is 9.03. The van der Waals surface area contributed by atoms with E-state index in [0.29, 0.717) is 13.0 Å². The van der Waals surface area contributed by atoms with Gasteiger partial charge in [-0.15, -0.1) is 11.3 Å². The summed E-state index contributed by atoms with van der Waals surface area (Å²) in [6.07, 6.45) is 8.77. The number of pyridine rings is 1. The Morgan fingerprint density at radius 1 is 1.36 bits per heavy atom. The van der Waals surface area contributed by atoms with Crippen LogP contribution >= 0.6 is 11.3 Å². The van der Waals surface area contributed by atoms with Crippen LogP contribution in [0.5, 0.6) is 0 Å². The highest BCUT2D eigenvalue weighted by atomic mass is 32.1. The number of hydrogen-bond donors (Lipinski definition) is 1. The first-order chi connectivity index (χ1) is 12.2. The summed E-state index contributed by atoms with van der Waals surface area (Å²) in [6.45, 7) is 4.83. The van der Waals surface area contributed by atoms with Crippen LogP contribution in [0.2, 0.25) is 0 Å². The van der Waals surface area contributed by atoms with Crippen LogP contribution in [0.25, 0.3) is 0 Å². The Morgan fingerprint density at radius 3 is 2.88 bits per heavy atom. The minimum atomic E-state index is 0.110. The average Bonchev–Trinajstić information content (AvgIpc) is 3.07. The lowest BCUT2D eigenvalue weighted by atomic mass is 10.0. The summed E-state index contributed by atoms with van der Waals surface area (Å²) >= 11 is 1.63. The standard InChI is InChI=1S/C19H26N4OS/c1-15-18(25-14-22-15)7-8-19(24)21-13-17(16-6-5-9-20-12-16)23-10-3-2-4-11-23/h5-6,9,12,14,17H,2-4,7-8,10-11,13H2,1H3,(H,21,24)/t17-/m0/s1. The third-order valence-electron chi connectivity index (χ3n) is 4.82. The number of aryl methyl sites for hydroxylation is 2. The lowest BCUT2D eigenvalue weighted by molar-refractivity contribution is -0.121. The van der Waals surface area contributed by atoms with E-state index in [1.165, 1.54) is 29.7 Å². The van der Waals surface area contributed by atoms with E-state index in [0.717, 1.165) is 25.2 Å². The minimum absolute atomic E-state index is 0.110. The molecule has 1 fully saturated rings. The number of amides is 1. The molecule has 0 bridgehead atoms. The monoisotopic (exact) mass is 358 g/mol. The molecule has 1 N–H and O–H groups in total. The number of rotatable bonds is 7. The molecule has 1 amide bonds. The minimum Gasteiger partial charge on any atom is -0.354 e. The first kappa shape index (κ1) is 18.0. The van der Waals surface area contributed by atoms with E-state index in [1.54, 1.807) is 17.5 Å². The smallest absolute Gasteiger partial charge is 0.220 e. The van der Waals surface area contributed by atoms with Gasteiger partial charge in [0.2, 0.25) is 5.91 Å². The Labute approximate surface area is 153 Å². The zero-order valence-electron chi connectivity index (χ0n) is 14.8. The molecular formula is C19H26N4OS. The molecule has 3 heterocycles. The summed E-state index contributed by atoms with van der Waals surface area (Å²) in [6, 6.07) is 4.29. The number of nitrogens with zero attached hydrogens (tertiary/aromatic N) is 3. The van der Waals surface area contributed by atoms with Gasteiger partial charge in [0.1, 0.15) is 0 Å². The molecule has 1 saturated heterocycles. The van der Waals surface area contributed by atoms with Crippen LogP contribution < -0.4 is 5.32 Å². The molecule has 0 aromatic carbocycles. The molecule has 0 aliphatic carbocycles. The third kappa shape index (κ3) is 5.09. The summed E-state index contributed by atoms with van der Waals surface area (Å²) < 4.78 is 0. The van der Waals surface area contributed by atoms with E-state index >= 15 is 0 Å². The van der Waals surface area contributed by atoms with Crippen molar-refractivity contribution in [3.05, 3.63) is 46.2 Å².